The Balaban J connectivity index is 2.89. The van der Waals surface area contributed by atoms with Crippen LogP contribution in [-0.4, -0.2) is 23.0 Å². The molecule has 19 heavy (non-hydrogen) atoms. The summed E-state index contributed by atoms with van der Waals surface area (Å²) >= 11 is 0. The van der Waals surface area contributed by atoms with Crippen molar-refractivity contribution in [1.29, 1.82) is 0 Å². The molecule has 0 unspecified atom stereocenters. The van der Waals surface area contributed by atoms with Crippen LogP contribution in [0.4, 0.5) is 0 Å². The molecule has 1 aromatic rings. The maximum atomic E-state index is 12.3. The number of hydrogen-bond donors (Lipinski definition) is 2. The van der Waals surface area contributed by atoms with Crippen molar-refractivity contribution in [3.8, 4) is 0 Å². The second-order valence-corrected chi connectivity index (χ2v) is 4.94. The molecule has 1 amide bonds. The molecule has 0 spiro atoms. The Labute approximate surface area is 113 Å². The fraction of sp³-hybridized carbons (Fsp3) is 0.467. The van der Waals surface area contributed by atoms with Crippen molar-refractivity contribution in [2.24, 2.45) is 5.92 Å². The third kappa shape index (κ3) is 4.09. The average Bonchev–Trinajstić information content (AvgIpc) is 2.36. The fourth-order valence-corrected chi connectivity index (χ4v) is 2.10. The lowest BCUT2D eigenvalue weighted by Crippen LogP contribution is -2.43. The molecular weight excluding hydrogens is 242 g/mol. The van der Waals surface area contributed by atoms with Gasteiger partial charge in [0, 0.05) is 0 Å². The summed E-state index contributed by atoms with van der Waals surface area (Å²) in [6.07, 6.45) is 0.376. The molecule has 0 fully saturated rings. The van der Waals surface area contributed by atoms with Crippen molar-refractivity contribution in [3.63, 3.8) is 0 Å². The Kier molecular flexibility index (Phi) is 5.55. The quantitative estimate of drug-likeness (QED) is 0.828. The number of nitrogens with one attached hydrogen (secondary N) is 1. The van der Waals surface area contributed by atoms with Gasteiger partial charge >= 0.3 is 5.97 Å². The highest BCUT2D eigenvalue weighted by molar-refractivity contribution is 5.88. The monoisotopic (exact) mass is 263 g/mol. The Bertz CT molecular complexity index is 428. The van der Waals surface area contributed by atoms with Crippen molar-refractivity contribution in [3.05, 3.63) is 35.9 Å². The maximum Gasteiger partial charge on any atom is 0.326 e. The number of hydrogen-bond acceptors (Lipinski definition) is 2. The van der Waals surface area contributed by atoms with E-state index < -0.39 is 12.0 Å². The summed E-state index contributed by atoms with van der Waals surface area (Å²) < 4.78 is 0. The Morgan fingerprint density at radius 1 is 1.21 bits per heavy atom. The summed E-state index contributed by atoms with van der Waals surface area (Å²) in [5.74, 6) is -1.44. The van der Waals surface area contributed by atoms with Crippen LogP contribution in [-0.2, 0) is 9.59 Å². The molecule has 0 saturated carbocycles. The highest BCUT2D eigenvalue weighted by atomic mass is 16.4. The standard InChI is InChI=1S/C15H21NO3/c1-4-12(15(18)19)16-14(17)13(10(2)3)11-8-6-5-7-9-11/h5-10,12-13H,4H2,1-3H3,(H,16,17)(H,18,19)/t12-,13-/m0/s1. The van der Waals surface area contributed by atoms with Crippen LogP contribution in [0.25, 0.3) is 0 Å². The molecule has 0 bridgehead atoms. The van der Waals surface area contributed by atoms with Gasteiger partial charge < -0.3 is 10.4 Å². The van der Waals surface area contributed by atoms with Gasteiger partial charge in [-0.2, -0.15) is 0 Å². The van der Waals surface area contributed by atoms with E-state index in [1.807, 2.05) is 44.2 Å². The number of amides is 1. The smallest absolute Gasteiger partial charge is 0.326 e. The number of carbonyl (C=O) groups excluding carboxylic acids is 1. The predicted molar refractivity (Wildman–Crippen MR) is 73.9 cm³/mol. The van der Waals surface area contributed by atoms with E-state index in [9.17, 15) is 9.59 Å². The van der Waals surface area contributed by atoms with Gasteiger partial charge in [-0.1, -0.05) is 51.1 Å². The van der Waals surface area contributed by atoms with Gasteiger partial charge in [0.1, 0.15) is 6.04 Å². The molecule has 104 valence electrons. The first kappa shape index (κ1) is 15.2. The molecule has 0 radical (unpaired) electrons. The van der Waals surface area contributed by atoms with Crippen LogP contribution in [0.15, 0.2) is 30.3 Å². The highest BCUT2D eigenvalue weighted by Gasteiger charge is 2.27. The molecule has 1 aromatic carbocycles. The normalized spacial score (nSPS) is 13.9. The van der Waals surface area contributed by atoms with E-state index in [-0.39, 0.29) is 17.7 Å². The molecule has 0 aliphatic heterocycles. The average molecular weight is 263 g/mol. The summed E-state index contributed by atoms with van der Waals surface area (Å²) in [6, 6.07) is 8.62. The number of rotatable bonds is 6. The van der Waals surface area contributed by atoms with Gasteiger partial charge in [-0.15, -0.1) is 0 Å². The van der Waals surface area contributed by atoms with Crippen molar-refractivity contribution in [1.82, 2.24) is 5.32 Å². The molecule has 0 heterocycles. The SMILES string of the molecule is CC[C@H](NC(=O)[C@H](c1ccccc1)C(C)C)C(=O)O. The van der Waals surface area contributed by atoms with E-state index in [1.165, 1.54) is 0 Å². The van der Waals surface area contributed by atoms with Crippen LogP contribution >= 0.6 is 0 Å². The minimum absolute atomic E-state index is 0.105. The second-order valence-electron chi connectivity index (χ2n) is 4.94. The highest BCUT2D eigenvalue weighted by Crippen LogP contribution is 2.24. The summed E-state index contributed by atoms with van der Waals surface area (Å²) in [7, 11) is 0. The number of carboxylic acid groups (broad SMARTS) is 1. The first-order valence-electron chi connectivity index (χ1n) is 6.55. The second kappa shape index (κ2) is 6.92. The molecule has 0 saturated heterocycles. The first-order valence-corrected chi connectivity index (χ1v) is 6.55. The van der Waals surface area contributed by atoms with Crippen molar-refractivity contribution in [2.45, 2.75) is 39.2 Å². The van der Waals surface area contributed by atoms with Crippen LogP contribution in [0.1, 0.15) is 38.7 Å². The number of benzene rings is 1. The van der Waals surface area contributed by atoms with Gasteiger partial charge in [0.15, 0.2) is 0 Å². The summed E-state index contributed by atoms with van der Waals surface area (Å²) in [5.41, 5.74) is 0.912. The number of aliphatic carboxylic acids is 1. The zero-order valence-corrected chi connectivity index (χ0v) is 11.6. The maximum absolute atomic E-state index is 12.3. The van der Waals surface area contributed by atoms with Crippen molar-refractivity contribution in [2.75, 3.05) is 0 Å². The topological polar surface area (TPSA) is 66.4 Å². The van der Waals surface area contributed by atoms with Gasteiger partial charge in [0.25, 0.3) is 0 Å². The lowest BCUT2D eigenvalue weighted by Gasteiger charge is -2.23. The molecule has 0 aliphatic rings. The Morgan fingerprint density at radius 3 is 2.21 bits per heavy atom. The molecule has 2 atom stereocenters. The van der Waals surface area contributed by atoms with Crippen LogP contribution in [0.2, 0.25) is 0 Å². The number of carboxylic acids is 1. The summed E-state index contributed by atoms with van der Waals surface area (Å²) in [6.45, 7) is 5.66. The minimum atomic E-state index is -0.994. The fourth-order valence-electron chi connectivity index (χ4n) is 2.10. The van der Waals surface area contributed by atoms with E-state index in [1.54, 1.807) is 6.92 Å². The Hall–Kier alpha value is -1.84. The van der Waals surface area contributed by atoms with Gasteiger partial charge in [-0.3, -0.25) is 4.79 Å². The van der Waals surface area contributed by atoms with Crippen LogP contribution in [0, 0.1) is 5.92 Å². The molecule has 4 heteroatoms. The Morgan fingerprint density at radius 2 is 1.79 bits per heavy atom. The van der Waals surface area contributed by atoms with Crippen LogP contribution in [0.3, 0.4) is 0 Å². The predicted octanol–water partition coefficient (Wildman–Crippen LogP) is 2.41. The van der Waals surface area contributed by atoms with Crippen molar-refractivity contribution < 1.29 is 14.7 Å². The summed E-state index contributed by atoms with van der Waals surface area (Å²) in [4.78, 5) is 23.3. The lowest BCUT2D eigenvalue weighted by atomic mass is 9.87. The van der Waals surface area contributed by atoms with Gasteiger partial charge in [-0.25, -0.2) is 4.79 Å². The first-order chi connectivity index (χ1) is 8.97. The molecule has 0 aliphatic carbocycles. The van der Waals surface area contributed by atoms with Gasteiger partial charge in [0.2, 0.25) is 5.91 Å². The van der Waals surface area contributed by atoms with Crippen molar-refractivity contribution >= 4 is 11.9 Å². The molecule has 4 nitrogen and oxygen atoms in total. The van der Waals surface area contributed by atoms with Gasteiger partial charge in [0.05, 0.1) is 5.92 Å². The van der Waals surface area contributed by atoms with E-state index in [0.29, 0.717) is 6.42 Å². The molecular formula is C15H21NO3. The third-order valence-corrected chi connectivity index (χ3v) is 3.13. The molecule has 0 aromatic heterocycles. The third-order valence-electron chi connectivity index (χ3n) is 3.13. The van der Waals surface area contributed by atoms with E-state index in [2.05, 4.69) is 5.32 Å². The zero-order chi connectivity index (χ0) is 14.4. The van der Waals surface area contributed by atoms with E-state index >= 15 is 0 Å². The van der Waals surface area contributed by atoms with Gasteiger partial charge in [-0.05, 0) is 17.9 Å². The van der Waals surface area contributed by atoms with E-state index in [0.717, 1.165) is 5.56 Å². The molecule has 2 N–H and O–H groups in total. The molecule has 1 rings (SSSR count). The van der Waals surface area contributed by atoms with Crippen LogP contribution in [0.5, 0.6) is 0 Å². The summed E-state index contributed by atoms with van der Waals surface area (Å²) in [5, 5.41) is 11.6. The lowest BCUT2D eigenvalue weighted by molar-refractivity contribution is -0.142. The van der Waals surface area contributed by atoms with E-state index in [4.69, 9.17) is 5.11 Å². The minimum Gasteiger partial charge on any atom is -0.480 e. The number of carbonyl (C=O) groups is 2. The van der Waals surface area contributed by atoms with Crippen LogP contribution < -0.4 is 5.32 Å². The largest absolute Gasteiger partial charge is 0.480 e. The zero-order valence-electron chi connectivity index (χ0n) is 11.6.